The van der Waals surface area contributed by atoms with Crippen molar-refractivity contribution in [3.8, 4) is 5.75 Å². The highest BCUT2D eigenvalue weighted by Gasteiger charge is 2.28. The van der Waals surface area contributed by atoms with Gasteiger partial charge >= 0.3 is 6.18 Å². The summed E-state index contributed by atoms with van der Waals surface area (Å²) in [5.41, 5.74) is -0.613. The molecule has 0 atom stereocenters. The number of benzene rings is 1. The number of aliphatic hydroxyl groups is 1. The van der Waals surface area contributed by atoms with Crippen LogP contribution in [0.3, 0.4) is 0 Å². The Morgan fingerprint density at radius 3 is 2.14 bits per heavy atom. The van der Waals surface area contributed by atoms with E-state index >= 15 is 0 Å². The number of alkyl halides is 3. The first kappa shape index (κ1) is 18.8. The molecule has 1 aromatic rings. The third kappa shape index (κ3) is 8.23. The summed E-state index contributed by atoms with van der Waals surface area (Å²) >= 11 is 0. The molecule has 22 heavy (non-hydrogen) atoms. The van der Waals surface area contributed by atoms with E-state index in [0.717, 1.165) is 0 Å². The number of halogens is 3. The van der Waals surface area contributed by atoms with Gasteiger partial charge in [0.25, 0.3) is 0 Å². The zero-order valence-electron chi connectivity index (χ0n) is 12.4. The Bertz CT molecular complexity index is 572. The summed E-state index contributed by atoms with van der Waals surface area (Å²) in [7, 11) is -3.40. The molecule has 4 nitrogen and oxygen atoms in total. The molecule has 1 N–H and O–H groups in total. The SMILES string of the molecule is CC(C)(O)CCS(=O)(=O)Cc1ccc(OCC(F)(F)F)cc1. The molecule has 1 aromatic carbocycles. The van der Waals surface area contributed by atoms with Gasteiger partial charge in [0.1, 0.15) is 5.75 Å². The summed E-state index contributed by atoms with van der Waals surface area (Å²) in [6, 6.07) is 5.42. The Labute approximate surface area is 127 Å². The maximum Gasteiger partial charge on any atom is 0.422 e. The highest BCUT2D eigenvalue weighted by atomic mass is 32.2. The standard InChI is InChI=1S/C14H19F3O4S/c1-13(2,18)7-8-22(19,20)9-11-3-5-12(6-4-11)21-10-14(15,16)17/h3-6,18H,7-10H2,1-2H3. The summed E-state index contributed by atoms with van der Waals surface area (Å²) in [5, 5.41) is 9.54. The predicted octanol–water partition coefficient (Wildman–Crippen LogP) is 2.70. The highest BCUT2D eigenvalue weighted by molar-refractivity contribution is 7.90. The number of hydrogen-bond donors (Lipinski definition) is 1. The summed E-state index contributed by atoms with van der Waals surface area (Å²) in [6.07, 6.45) is -4.30. The van der Waals surface area contributed by atoms with Gasteiger partial charge in [0, 0.05) is 0 Å². The second kappa shape index (κ2) is 6.87. The normalized spacial score (nSPS) is 13.2. The lowest BCUT2D eigenvalue weighted by molar-refractivity contribution is -0.153. The van der Waals surface area contributed by atoms with Crippen molar-refractivity contribution in [3.05, 3.63) is 29.8 Å². The maximum absolute atomic E-state index is 12.0. The van der Waals surface area contributed by atoms with Gasteiger partial charge in [0.05, 0.1) is 17.1 Å². The second-order valence-electron chi connectivity index (χ2n) is 5.70. The zero-order chi connectivity index (χ0) is 17.0. The molecule has 0 aromatic heterocycles. The van der Waals surface area contributed by atoms with Crippen molar-refractivity contribution in [2.24, 2.45) is 0 Å². The molecular weight excluding hydrogens is 321 g/mol. The number of ether oxygens (including phenoxy) is 1. The van der Waals surface area contributed by atoms with E-state index in [0.29, 0.717) is 5.56 Å². The molecule has 0 amide bonds. The summed E-state index contributed by atoms with van der Waals surface area (Å²) in [4.78, 5) is 0. The van der Waals surface area contributed by atoms with Crippen LogP contribution in [0.5, 0.6) is 5.75 Å². The number of hydrogen-bond acceptors (Lipinski definition) is 4. The Morgan fingerprint density at radius 1 is 1.14 bits per heavy atom. The third-order valence-electron chi connectivity index (χ3n) is 2.74. The molecule has 0 radical (unpaired) electrons. The molecule has 8 heteroatoms. The smallest absolute Gasteiger partial charge is 0.422 e. The molecule has 0 saturated heterocycles. The van der Waals surface area contributed by atoms with Gasteiger partial charge in [-0.1, -0.05) is 12.1 Å². The van der Waals surface area contributed by atoms with E-state index in [9.17, 15) is 26.7 Å². The molecule has 0 saturated carbocycles. The Kier molecular flexibility index (Phi) is 5.86. The van der Waals surface area contributed by atoms with E-state index in [1.165, 1.54) is 38.1 Å². The van der Waals surface area contributed by atoms with Crippen molar-refractivity contribution < 1.29 is 31.4 Å². The van der Waals surface area contributed by atoms with Gasteiger partial charge in [0.15, 0.2) is 16.4 Å². The first-order valence-electron chi connectivity index (χ1n) is 6.58. The van der Waals surface area contributed by atoms with Crippen LogP contribution in [0.2, 0.25) is 0 Å². The van der Waals surface area contributed by atoms with Crippen molar-refractivity contribution in [1.82, 2.24) is 0 Å². The third-order valence-corrected chi connectivity index (χ3v) is 4.34. The van der Waals surface area contributed by atoms with Gasteiger partial charge in [-0.2, -0.15) is 13.2 Å². The van der Waals surface area contributed by atoms with Crippen molar-refractivity contribution in [3.63, 3.8) is 0 Å². The second-order valence-corrected chi connectivity index (χ2v) is 7.89. The highest BCUT2D eigenvalue weighted by Crippen LogP contribution is 2.20. The predicted molar refractivity (Wildman–Crippen MR) is 76.4 cm³/mol. The van der Waals surface area contributed by atoms with Crippen LogP contribution in [0, 0.1) is 0 Å². The minimum absolute atomic E-state index is 0.0231. The Hall–Kier alpha value is -1.28. The van der Waals surface area contributed by atoms with E-state index in [1.807, 2.05) is 0 Å². The molecule has 0 aliphatic rings. The van der Waals surface area contributed by atoms with Gasteiger partial charge in [-0.05, 0) is 38.0 Å². The quantitative estimate of drug-likeness (QED) is 0.829. The molecule has 0 heterocycles. The average Bonchev–Trinajstić information content (AvgIpc) is 2.34. The van der Waals surface area contributed by atoms with E-state index in [4.69, 9.17) is 0 Å². The minimum atomic E-state index is -4.42. The van der Waals surface area contributed by atoms with E-state index in [1.54, 1.807) is 0 Å². The van der Waals surface area contributed by atoms with E-state index < -0.39 is 28.2 Å². The Balaban J connectivity index is 2.60. The van der Waals surface area contributed by atoms with E-state index in [2.05, 4.69) is 4.74 Å². The molecule has 0 fully saturated rings. The van der Waals surface area contributed by atoms with Crippen LogP contribution in [0.15, 0.2) is 24.3 Å². The molecule has 0 bridgehead atoms. The van der Waals surface area contributed by atoms with E-state index in [-0.39, 0.29) is 23.7 Å². The molecule has 0 aliphatic carbocycles. The molecule has 126 valence electrons. The zero-order valence-corrected chi connectivity index (χ0v) is 13.2. The van der Waals surface area contributed by atoms with Crippen LogP contribution in [0.4, 0.5) is 13.2 Å². The topological polar surface area (TPSA) is 63.6 Å². The van der Waals surface area contributed by atoms with Gasteiger partial charge in [-0.15, -0.1) is 0 Å². The summed E-state index contributed by atoms with van der Waals surface area (Å²) in [5.74, 6) is -0.374. The maximum atomic E-state index is 12.0. The molecule has 0 spiro atoms. The first-order valence-corrected chi connectivity index (χ1v) is 8.40. The van der Waals surface area contributed by atoms with Crippen LogP contribution in [0.1, 0.15) is 25.8 Å². The van der Waals surface area contributed by atoms with Gasteiger partial charge in [0.2, 0.25) is 0 Å². The fourth-order valence-electron chi connectivity index (χ4n) is 1.58. The van der Waals surface area contributed by atoms with Crippen LogP contribution in [-0.4, -0.2) is 37.7 Å². The Morgan fingerprint density at radius 2 is 1.68 bits per heavy atom. The van der Waals surface area contributed by atoms with Crippen molar-refractivity contribution >= 4 is 9.84 Å². The molecule has 1 rings (SSSR count). The molecule has 0 unspecified atom stereocenters. The fraction of sp³-hybridized carbons (Fsp3) is 0.571. The van der Waals surface area contributed by atoms with Crippen molar-refractivity contribution in [2.45, 2.75) is 37.8 Å². The summed E-state index contributed by atoms with van der Waals surface area (Å²) in [6.45, 7) is 1.65. The van der Waals surface area contributed by atoms with Crippen molar-refractivity contribution in [1.29, 1.82) is 0 Å². The lowest BCUT2D eigenvalue weighted by Crippen LogP contribution is -2.24. The van der Waals surface area contributed by atoms with Gasteiger partial charge in [-0.25, -0.2) is 8.42 Å². The lowest BCUT2D eigenvalue weighted by Gasteiger charge is -2.16. The first-order chi connectivity index (χ1) is 9.86. The van der Waals surface area contributed by atoms with Crippen molar-refractivity contribution in [2.75, 3.05) is 12.4 Å². The molecular formula is C14H19F3O4S. The van der Waals surface area contributed by atoms with Gasteiger partial charge in [-0.3, -0.25) is 0 Å². The van der Waals surface area contributed by atoms with Crippen LogP contribution in [0.25, 0.3) is 0 Å². The minimum Gasteiger partial charge on any atom is -0.484 e. The average molecular weight is 340 g/mol. The molecule has 0 aliphatic heterocycles. The summed E-state index contributed by atoms with van der Waals surface area (Å²) < 4.78 is 64.3. The monoisotopic (exact) mass is 340 g/mol. The van der Waals surface area contributed by atoms with Gasteiger partial charge < -0.3 is 9.84 Å². The van der Waals surface area contributed by atoms with Crippen LogP contribution >= 0.6 is 0 Å². The van der Waals surface area contributed by atoms with Crippen LogP contribution in [-0.2, 0) is 15.6 Å². The fourth-order valence-corrected chi connectivity index (χ4v) is 3.23. The van der Waals surface area contributed by atoms with Crippen LogP contribution < -0.4 is 4.74 Å². The number of sulfone groups is 1. The lowest BCUT2D eigenvalue weighted by atomic mass is 10.1. The largest absolute Gasteiger partial charge is 0.484 e. The number of rotatable bonds is 7.